The summed E-state index contributed by atoms with van der Waals surface area (Å²) >= 11 is 1.88. The van der Waals surface area contributed by atoms with Crippen molar-refractivity contribution in [2.45, 2.75) is 0 Å². The Morgan fingerprint density at radius 1 is 0.455 bits per heavy atom. The lowest BCUT2D eigenvalue weighted by Crippen LogP contribution is -1.94. The molecule has 44 heavy (non-hydrogen) atoms. The molecule has 3 heterocycles. The Hall–Kier alpha value is -5.51. The molecule has 0 atom stereocenters. The first-order valence-electron chi connectivity index (χ1n) is 15.0. The van der Waals surface area contributed by atoms with E-state index in [-0.39, 0.29) is 0 Å². The molecule has 0 N–H and O–H groups in total. The quantitative estimate of drug-likeness (QED) is 0.187. The van der Waals surface area contributed by atoms with Gasteiger partial charge in [0.05, 0.1) is 5.52 Å². The molecule has 0 fully saturated rings. The summed E-state index contributed by atoms with van der Waals surface area (Å²) in [4.78, 5) is 4.80. The van der Waals surface area contributed by atoms with E-state index in [0.717, 1.165) is 11.3 Å². The molecule has 204 valence electrons. The second kappa shape index (κ2) is 9.00. The average Bonchev–Trinajstić information content (AvgIpc) is 3.63. The fraction of sp³-hybridized carbons (Fsp3) is 0. The van der Waals surface area contributed by atoms with Crippen LogP contribution in [0.4, 0.5) is 0 Å². The molecule has 0 aliphatic carbocycles. The van der Waals surface area contributed by atoms with Gasteiger partial charge in [-0.2, -0.15) is 0 Å². The molecule has 0 unspecified atom stereocenters. The van der Waals surface area contributed by atoms with Crippen LogP contribution in [0.15, 0.2) is 146 Å². The lowest BCUT2D eigenvalue weighted by atomic mass is 9.92. The van der Waals surface area contributed by atoms with Crippen LogP contribution in [0, 0.1) is 0 Å². The number of fused-ring (bicyclic) bond motifs is 12. The third-order valence-electron chi connectivity index (χ3n) is 9.23. The highest BCUT2D eigenvalue weighted by Crippen LogP contribution is 2.43. The number of para-hydroxylation sites is 1. The van der Waals surface area contributed by atoms with Crippen LogP contribution in [-0.2, 0) is 0 Å². The SMILES string of the molecule is c1cc(-c2ccc3c4ccccc4c4ccccc4c3c2)c2sc3cc(-n4c5ccccc5c5cccnc54)ccc3c2c1. The average molecular weight is 577 g/mol. The molecule has 0 aliphatic heterocycles. The molecule has 0 radical (unpaired) electrons. The van der Waals surface area contributed by atoms with E-state index < -0.39 is 0 Å². The first kappa shape index (κ1) is 24.0. The third-order valence-corrected chi connectivity index (χ3v) is 10.4. The molecule has 10 rings (SSSR count). The number of nitrogens with zero attached hydrogens (tertiary/aromatic N) is 2. The summed E-state index contributed by atoms with van der Waals surface area (Å²) in [5, 5.41) is 12.8. The molecule has 3 aromatic heterocycles. The van der Waals surface area contributed by atoms with Gasteiger partial charge in [0.2, 0.25) is 0 Å². The summed E-state index contributed by atoms with van der Waals surface area (Å²) in [7, 11) is 0. The van der Waals surface area contributed by atoms with Crippen molar-refractivity contribution in [3.63, 3.8) is 0 Å². The zero-order chi connectivity index (χ0) is 28.8. The van der Waals surface area contributed by atoms with Crippen molar-refractivity contribution in [3.05, 3.63) is 146 Å². The lowest BCUT2D eigenvalue weighted by Gasteiger charge is -2.12. The Morgan fingerprint density at radius 3 is 1.89 bits per heavy atom. The number of hydrogen-bond donors (Lipinski definition) is 0. The van der Waals surface area contributed by atoms with E-state index in [1.54, 1.807) is 0 Å². The molecule has 2 nitrogen and oxygen atoms in total. The van der Waals surface area contributed by atoms with Crippen LogP contribution in [-0.4, -0.2) is 9.55 Å². The standard InChI is InChI=1S/C41H24N2S/c1-2-11-30-28(9-1)29-10-3-4-12-31(29)37-23-25(18-20-32(30)37)27-14-7-15-35-34-21-19-26(24-39(34)44-40(27)35)43-38-17-6-5-13-33(38)36-16-8-22-42-41(36)43/h1-24H. The molecule has 0 spiro atoms. The largest absolute Gasteiger partial charge is 0.294 e. The Balaban J connectivity index is 1.20. The van der Waals surface area contributed by atoms with Gasteiger partial charge < -0.3 is 0 Å². The van der Waals surface area contributed by atoms with Gasteiger partial charge in [0.1, 0.15) is 5.65 Å². The molecule has 0 bridgehead atoms. The predicted molar refractivity (Wildman–Crippen MR) is 189 cm³/mol. The highest BCUT2D eigenvalue weighted by atomic mass is 32.1. The van der Waals surface area contributed by atoms with Crippen molar-refractivity contribution in [3.8, 4) is 16.8 Å². The minimum atomic E-state index is 0.991. The summed E-state index contributed by atoms with van der Waals surface area (Å²) in [5.41, 5.74) is 5.84. The summed E-state index contributed by atoms with van der Waals surface area (Å²) < 4.78 is 4.90. The van der Waals surface area contributed by atoms with Crippen molar-refractivity contribution >= 4 is 85.8 Å². The van der Waals surface area contributed by atoms with E-state index in [4.69, 9.17) is 4.98 Å². The molecule has 0 aliphatic rings. The van der Waals surface area contributed by atoms with Gasteiger partial charge in [-0.3, -0.25) is 4.57 Å². The van der Waals surface area contributed by atoms with E-state index in [1.807, 2.05) is 23.6 Å². The third kappa shape index (κ3) is 3.27. The Morgan fingerprint density at radius 2 is 1.09 bits per heavy atom. The maximum Gasteiger partial charge on any atom is 0.145 e. The van der Waals surface area contributed by atoms with Crippen molar-refractivity contribution in [2.24, 2.45) is 0 Å². The number of hydrogen-bond acceptors (Lipinski definition) is 2. The van der Waals surface area contributed by atoms with E-state index >= 15 is 0 Å². The fourth-order valence-corrected chi connectivity index (χ4v) is 8.56. The fourth-order valence-electron chi connectivity index (χ4n) is 7.29. The van der Waals surface area contributed by atoms with E-state index in [0.29, 0.717) is 0 Å². The lowest BCUT2D eigenvalue weighted by molar-refractivity contribution is 1.14. The number of benzene rings is 7. The maximum atomic E-state index is 4.80. The van der Waals surface area contributed by atoms with Crippen molar-refractivity contribution in [2.75, 3.05) is 0 Å². The molecule has 0 saturated heterocycles. The summed E-state index contributed by atoms with van der Waals surface area (Å²) in [6, 6.07) is 51.0. The summed E-state index contributed by atoms with van der Waals surface area (Å²) in [5.74, 6) is 0. The van der Waals surface area contributed by atoms with Crippen LogP contribution in [0.5, 0.6) is 0 Å². The second-order valence-electron chi connectivity index (χ2n) is 11.5. The first-order valence-corrected chi connectivity index (χ1v) is 15.8. The predicted octanol–water partition coefficient (Wildman–Crippen LogP) is 11.7. The van der Waals surface area contributed by atoms with Crippen LogP contribution in [0.2, 0.25) is 0 Å². The molecular formula is C41H24N2S. The minimum absolute atomic E-state index is 0.991. The molecular weight excluding hydrogens is 553 g/mol. The maximum absolute atomic E-state index is 4.80. The van der Waals surface area contributed by atoms with Gasteiger partial charge in [-0.1, -0.05) is 103 Å². The normalized spacial score (nSPS) is 12.1. The number of thiophene rings is 1. The van der Waals surface area contributed by atoms with Crippen LogP contribution >= 0.6 is 11.3 Å². The van der Waals surface area contributed by atoms with Gasteiger partial charge in [-0.25, -0.2) is 4.98 Å². The van der Waals surface area contributed by atoms with Gasteiger partial charge in [-0.15, -0.1) is 11.3 Å². The number of aromatic nitrogens is 2. The highest BCUT2D eigenvalue weighted by molar-refractivity contribution is 7.26. The van der Waals surface area contributed by atoms with Crippen LogP contribution in [0.25, 0.3) is 91.2 Å². The summed E-state index contributed by atoms with van der Waals surface area (Å²) in [6.07, 6.45) is 1.89. The molecule has 7 aromatic carbocycles. The van der Waals surface area contributed by atoms with Gasteiger partial charge in [0.15, 0.2) is 0 Å². The Bertz CT molecular complexity index is 2690. The van der Waals surface area contributed by atoms with E-state index in [2.05, 4.69) is 138 Å². The molecule has 10 aromatic rings. The zero-order valence-electron chi connectivity index (χ0n) is 23.7. The smallest absolute Gasteiger partial charge is 0.145 e. The second-order valence-corrected chi connectivity index (χ2v) is 12.6. The molecule has 3 heteroatoms. The highest BCUT2D eigenvalue weighted by Gasteiger charge is 2.16. The van der Waals surface area contributed by atoms with Crippen LogP contribution in [0.3, 0.4) is 0 Å². The Labute approximate surface area is 257 Å². The van der Waals surface area contributed by atoms with Crippen LogP contribution < -0.4 is 0 Å². The first-order chi connectivity index (χ1) is 21.8. The monoisotopic (exact) mass is 576 g/mol. The minimum Gasteiger partial charge on any atom is -0.294 e. The van der Waals surface area contributed by atoms with Crippen molar-refractivity contribution in [1.82, 2.24) is 9.55 Å². The zero-order valence-corrected chi connectivity index (χ0v) is 24.5. The van der Waals surface area contributed by atoms with Gasteiger partial charge in [-0.05, 0) is 79.8 Å². The van der Waals surface area contributed by atoms with Gasteiger partial charge >= 0.3 is 0 Å². The Kier molecular flexibility index (Phi) is 4.90. The van der Waals surface area contributed by atoms with Gasteiger partial charge in [0.25, 0.3) is 0 Å². The number of rotatable bonds is 2. The van der Waals surface area contributed by atoms with E-state index in [1.165, 1.54) is 79.9 Å². The molecule has 0 amide bonds. The van der Waals surface area contributed by atoms with Gasteiger partial charge in [0, 0.05) is 42.8 Å². The van der Waals surface area contributed by atoms with Crippen LogP contribution in [0.1, 0.15) is 0 Å². The van der Waals surface area contributed by atoms with Crippen molar-refractivity contribution in [1.29, 1.82) is 0 Å². The topological polar surface area (TPSA) is 17.8 Å². The molecule has 0 saturated carbocycles. The van der Waals surface area contributed by atoms with E-state index in [9.17, 15) is 0 Å². The number of pyridine rings is 1. The van der Waals surface area contributed by atoms with Crippen molar-refractivity contribution < 1.29 is 0 Å². The summed E-state index contributed by atoms with van der Waals surface area (Å²) in [6.45, 7) is 0.